The maximum absolute atomic E-state index is 13.2. The third-order valence-corrected chi connectivity index (χ3v) is 4.81. The van der Waals surface area contributed by atoms with Gasteiger partial charge in [-0.1, -0.05) is 12.8 Å². The number of carbonyl (C=O) groups is 1. The number of esters is 1. The number of hydrogen-bond acceptors (Lipinski definition) is 6. The molecule has 2 aliphatic rings. The van der Waals surface area contributed by atoms with E-state index in [-0.39, 0.29) is 11.7 Å². The van der Waals surface area contributed by atoms with E-state index in [4.69, 9.17) is 0 Å². The number of fused-ring (bicyclic) bond motifs is 1. The predicted molar refractivity (Wildman–Crippen MR) is 75.2 cm³/mol. The Morgan fingerprint density at radius 2 is 2.14 bits per heavy atom. The van der Waals surface area contributed by atoms with Crippen molar-refractivity contribution in [2.45, 2.75) is 37.9 Å². The molecule has 0 bridgehead atoms. The van der Waals surface area contributed by atoms with Crippen molar-refractivity contribution >= 4 is 28.1 Å². The molecule has 2 atom stereocenters. The fraction of sp³-hybridized carbons (Fsp3) is 0.615. The van der Waals surface area contributed by atoms with Gasteiger partial charge in [-0.3, -0.25) is 0 Å². The largest absolute Gasteiger partial charge is 0.464 e. The first-order valence-electron chi connectivity index (χ1n) is 6.90. The van der Waals surface area contributed by atoms with Gasteiger partial charge in [-0.05, 0) is 12.8 Å². The van der Waals surface area contributed by atoms with Crippen LogP contribution in [0.4, 0.5) is 18.3 Å². The van der Waals surface area contributed by atoms with Gasteiger partial charge in [0.25, 0.3) is 0 Å². The fourth-order valence-electron chi connectivity index (χ4n) is 3.01. The second kappa shape index (κ2) is 5.53. The van der Waals surface area contributed by atoms with E-state index in [0.29, 0.717) is 18.0 Å². The molecule has 9 heteroatoms. The van der Waals surface area contributed by atoms with E-state index in [1.807, 2.05) is 0 Å². The Hall–Kier alpha value is -1.64. The Balaban J connectivity index is 1.93. The van der Waals surface area contributed by atoms with Crippen molar-refractivity contribution in [3.8, 4) is 0 Å². The van der Waals surface area contributed by atoms with Crippen LogP contribution < -0.4 is 5.01 Å². The van der Waals surface area contributed by atoms with Crippen molar-refractivity contribution in [1.29, 1.82) is 0 Å². The van der Waals surface area contributed by atoms with Crippen LogP contribution in [0, 0.1) is 5.92 Å². The molecule has 0 saturated heterocycles. The molecule has 1 aliphatic heterocycles. The van der Waals surface area contributed by atoms with Gasteiger partial charge in [-0.25, -0.2) is 14.8 Å². The SMILES string of the molecule is COC(=O)c1csc(N2N=C(C(F)(F)F)[C@@H]3CCCC[C@H]32)n1. The van der Waals surface area contributed by atoms with Gasteiger partial charge in [0.15, 0.2) is 5.69 Å². The number of ether oxygens (including phenoxy) is 1. The zero-order chi connectivity index (χ0) is 15.9. The van der Waals surface area contributed by atoms with Crippen LogP contribution in [-0.4, -0.2) is 36.0 Å². The Kier molecular flexibility index (Phi) is 3.84. The van der Waals surface area contributed by atoms with Crippen molar-refractivity contribution in [3.63, 3.8) is 0 Å². The summed E-state index contributed by atoms with van der Waals surface area (Å²) < 4.78 is 44.0. The minimum atomic E-state index is -4.43. The standard InChI is InChI=1S/C13H14F3N3O2S/c1-21-11(20)8-6-22-12(17-8)19-9-5-3-2-4-7(9)10(18-19)13(14,15)16/h6-7,9H,2-5H2,1H3/t7-,9-/m1/s1. The second-order valence-corrected chi connectivity index (χ2v) is 6.13. The van der Waals surface area contributed by atoms with E-state index in [9.17, 15) is 18.0 Å². The molecule has 1 saturated carbocycles. The minimum Gasteiger partial charge on any atom is -0.464 e. The summed E-state index contributed by atoms with van der Waals surface area (Å²) in [5.41, 5.74) is -0.641. The molecule has 120 valence electrons. The van der Waals surface area contributed by atoms with Gasteiger partial charge < -0.3 is 4.74 Å². The van der Waals surface area contributed by atoms with Gasteiger partial charge in [0, 0.05) is 11.3 Å². The van der Waals surface area contributed by atoms with Crippen LogP contribution in [-0.2, 0) is 4.74 Å². The number of carbonyl (C=O) groups excluding carboxylic acids is 1. The van der Waals surface area contributed by atoms with Crippen molar-refractivity contribution in [1.82, 2.24) is 4.98 Å². The number of thiazole rings is 1. The van der Waals surface area contributed by atoms with Gasteiger partial charge in [-0.15, -0.1) is 11.3 Å². The zero-order valence-electron chi connectivity index (χ0n) is 11.8. The molecular weight excluding hydrogens is 319 g/mol. The van der Waals surface area contributed by atoms with Gasteiger partial charge >= 0.3 is 12.1 Å². The molecule has 0 unspecified atom stereocenters. The molecule has 0 amide bonds. The number of nitrogens with zero attached hydrogens (tertiary/aromatic N) is 3. The monoisotopic (exact) mass is 333 g/mol. The molecule has 22 heavy (non-hydrogen) atoms. The number of anilines is 1. The Morgan fingerprint density at radius 3 is 2.82 bits per heavy atom. The van der Waals surface area contributed by atoms with Crippen LogP contribution in [0.5, 0.6) is 0 Å². The van der Waals surface area contributed by atoms with Gasteiger partial charge in [0.1, 0.15) is 5.71 Å². The first-order chi connectivity index (χ1) is 10.4. The van der Waals surface area contributed by atoms with E-state index in [0.717, 1.165) is 24.2 Å². The lowest BCUT2D eigenvalue weighted by molar-refractivity contribution is -0.0628. The Morgan fingerprint density at radius 1 is 1.41 bits per heavy atom. The first kappa shape index (κ1) is 15.3. The topological polar surface area (TPSA) is 54.8 Å². The van der Waals surface area contributed by atoms with Crippen LogP contribution in [0.3, 0.4) is 0 Å². The lowest BCUT2D eigenvalue weighted by atomic mass is 9.82. The summed E-state index contributed by atoms with van der Waals surface area (Å²) in [6.45, 7) is 0. The van der Waals surface area contributed by atoms with Crippen LogP contribution >= 0.6 is 11.3 Å². The number of rotatable bonds is 2. The van der Waals surface area contributed by atoms with Crippen LogP contribution in [0.15, 0.2) is 10.5 Å². The van der Waals surface area contributed by atoms with Gasteiger partial charge in [0.2, 0.25) is 5.13 Å². The van der Waals surface area contributed by atoms with Crippen molar-refractivity contribution in [3.05, 3.63) is 11.1 Å². The van der Waals surface area contributed by atoms with Crippen molar-refractivity contribution in [2.24, 2.45) is 11.0 Å². The number of halogens is 3. The summed E-state index contributed by atoms with van der Waals surface area (Å²) >= 11 is 1.10. The quantitative estimate of drug-likeness (QED) is 0.780. The van der Waals surface area contributed by atoms with E-state index < -0.39 is 23.8 Å². The summed E-state index contributed by atoms with van der Waals surface area (Å²) in [4.78, 5) is 15.5. The van der Waals surface area contributed by atoms with Crippen LogP contribution in [0.1, 0.15) is 36.2 Å². The molecule has 1 aromatic heterocycles. The number of hydrogen-bond donors (Lipinski definition) is 0. The van der Waals surface area contributed by atoms with Gasteiger partial charge in [0.05, 0.1) is 13.2 Å². The highest BCUT2D eigenvalue weighted by Gasteiger charge is 2.51. The van der Waals surface area contributed by atoms with E-state index in [1.54, 1.807) is 0 Å². The van der Waals surface area contributed by atoms with Crippen molar-refractivity contribution in [2.75, 3.05) is 12.1 Å². The molecule has 1 fully saturated rings. The van der Waals surface area contributed by atoms with Crippen LogP contribution in [0.2, 0.25) is 0 Å². The normalized spacial score (nSPS) is 24.9. The molecule has 2 heterocycles. The van der Waals surface area contributed by atoms with E-state index in [1.165, 1.54) is 17.5 Å². The highest BCUT2D eigenvalue weighted by molar-refractivity contribution is 7.13. The molecule has 1 aliphatic carbocycles. The average Bonchev–Trinajstić information content (AvgIpc) is 3.10. The van der Waals surface area contributed by atoms with E-state index >= 15 is 0 Å². The fourth-order valence-corrected chi connectivity index (χ4v) is 3.81. The molecule has 0 radical (unpaired) electrons. The molecule has 0 aromatic carbocycles. The lowest BCUT2D eigenvalue weighted by Gasteiger charge is -2.30. The summed E-state index contributed by atoms with van der Waals surface area (Å²) in [5, 5.41) is 6.91. The zero-order valence-corrected chi connectivity index (χ0v) is 12.6. The molecule has 5 nitrogen and oxygen atoms in total. The molecule has 0 spiro atoms. The Labute approximate surface area is 128 Å². The smallest absolute Gasteiger partial charge is 0.431 e. The highest BCUT2D eigenvalue weighted by Crippen LogP contribution is 2.42. The predicted octanol–water partition coefficient (Wildman–Crippen LogP) is 3.23. The Bertz CT molecular complexity index is 614. The molecular formula is C13H14F3N3O2S. The molecule has 3 rings (SSSR count). The van der Waals surface area contributed by atoms with Crippen LogP contribution in [0.25, 0.3) is 0 Å². The number of aromatic nitrogens is 1. The summed E-state index contributed by atoms with van der Waals surface area (Å²) in [7, 11) is 1.23. The minimum absolute atomic E-state index is 0.0884. The number of methoxy groups -OCH3 is 1. The lowest BCUT2D eigenvalue weighted by Crippen LogP contribution is -2.39. The highest BCUT2D eigenvalue weighted by atomic mass is 32.1. The first-order valence-corrected chi connectivity index (χ1v) is 7.78. The number of alkyl halides is 3. The third-order valence-electron chi connectivity index (χ3n) is 3.98. The van der Waals surface area contributed by atoms with Crippen molar-refractivity contribution < 1.29 is 22.7 Å². The molecule has 1 aromatic rings. The summed E-state index contributed by atoms with van der Waals surface area (Å²) in [5.74, 6) is -1.22. The van der Waals surface area contributed by atoms with Gasteiger partial charge in [-0.2, -0.15) is 18.3 Å². The second-order valence-electron chi connectivity index (χ2n) is 5.29. The molecule has 0 N–H and O–H groups in total. The average molecular weight is 333 g/mol. The summed E-state index contributed by atoms with van der Waals surface area (Å²) in [6.07, 6.45) is -1.67. The van der Waals surface area contributed by atoms with E-state index in [2.05, 4.69) is 14.8 Å². The third kappa shape index (κ3) is 2.57. The maximum atomic E-state index is 13.2. The number of hydrazone groups is 1. The maximum Gasteiger partial charge on any atom is 0.431 e. The summed E-state index contributed by atoms with van der Waals surface area (Å²) in [6, 6.07) is -0.331.